The fourth-order valence-corrected chi connectivity index (χ4v) is 6.21. The number of benzene rings is 3. The van der Waals surface area contributed by atoms with Crippen molar-refractivity contribution < 1.29 is 19.7 Å². The lowest BCUT2D eigenvalue weighted by Crippen LogP contribution is -2.23. The fraction of sp³-hybridized carbons (Fsp3) is 0.312. The number of hydrogen-bond donors (Lipinski definition) is 2. The van der Waals surface area contributed by atoms with Crippen molar-refractivity contribution in [2.24, 2.45) is 7.05 Å². The van der Waals surface area contributed by atoms with Gasteiger partial charge in [-0.2, -0.15) is 5.10 Å². The van der Waals surface area contributed by atoms with Gasteiger partial charge in [-0.15, -0.1) is 0 Å². The van der Waals surface area contributed by atoms with E-state index in [-0.39, 0.29) is 6.61 Å². The van der Waals surface area contributed by atoms with E-state index in [1.54, 1.807) is 0 Å². The molecule has 8 heteroatoms. The minimum atomic E-state index is -0.925. The van der Waals surface area contributed by atoms with E-state index in [9.17, 15) is 15.0 Å². The maximum absolute atomic E-state index is 12.8. The standard InChI is InChI=1S/C32H34N4O4/c1-34-16-8-17-36-30-23(12-6-13-25(30)29-26(20-37)33-35(2)27(29)19-34)24(31(36)32(38)39)14-7-18-40-28-15-5-10-21-9-3-4-11-22(21)28/h3-6,9-13,15,37H,7-8,14,16-20H2,1-2H3,(H,38,39). The molecule has 0 amide bonds. The molecule has 0 saturated carbocycles. The predicted octanol–water partition coefficient (Wildman–Crippen LogP) is 5.23. The molecule has 0 aliphatic carbocycles. The molecule has 40 heavy (non-hydrogen) atoms. The Morgan fingerprint density at radius 2 is 1.77 bits per heavy atom. The third kappa shape index (κ3) is 4.53. The maximum Gasteiger partial charge on any atom is 0.352 e. The lowest BCUT2D eigenvalue weighted by atomic mass is 9.97. The van der Waals surface area contributed by atoms with E-state index in [4.69, 9.17) is 4.74 Å². The minimum absolute atomic E-state index is 0.186. The highest BCUT2D eigenvalue weighted by molar-refractivity contribution is 6.04. The summed E-state index contributed by atoms with van der Waals surface area (Å²) in [5, 5.41) is 28.4. The van der Waals surface area contributed by atoms with Gasteiger partial charge in [0.05, 0.1) is 30.1 Å². The van der Waals surface area contributed by atoms with Gasteiger partial charge in [0.15, 0.2) is 0 Å². The number of fused-ring (bicyclic) bond motifs is 3. The molecule has 5 aromatic rings. The van der Waals surface area contributed by atoms with Gasteiger partial charge < -0.3 is 24.4 Å². The van der Waals surface area contributed by atoms with Crippen molar-refractivity contribution in [3.05, 3.63) is 83.3 Å². The zero-order chi connectivity index (χ0) is 27.8. The first-order valence-electron chi connectivity index (χ1n) is 13.8. The summed E-state index contributed by atoms with van der Waals surface area (Å²) in [6.45, 7) is 2.39. The molecule has 0 fully saturated rings. The molecule has 2 N–H and O–H groups in total. The number of aliphatic hydroxyl groups is 1. The van der Waals surface area contributed by atoms with E-state index in [1.165, 1.54) is 0 Å². The van der Waals surface area contributed by atoms with Gasteiger partial charge in [0.25, 0.3) is 0 Å². The number of carbonyl (C=O) groups is 1. The number of aryl methyl sites for hydroxylation is 3. The zero-order valence-electron chi connectivity index (χ0n) is 22.9. The summed E-state index contributed by atoms with van der Waals surface area (Å²) in [6.07, 6.45) is 2.07. The lowest BCUT2D eigenvalue weighted by molar-refractivity contribution is 0.0684. The van der Waals surface area contributed by atoms with Crippen molar-refractivity contribution in [1.82, 2.24) is 19.2 Å². The van der Waals surface area contributed by atoms with Crippen LogP contribution in [0.3, 0.4) is 0 Å². The Labute approximate surface area is 233 Å². The van der Waals surface area contributed by atoms with Crippen molar-refractivity contribution in [1.29, 1.82) is 0 Å². The summed E-state index contributed by atoms with van der Waals surface area (Å²) in [6, 6.07) is 20.2. The number of para-hydroxylation sites is 1. The SMILES string of the molecule is CN1CCCn2c(C(=O)O)c(CCCOc3cccc4ccccc34)c3cccc(c32)-c2c(CO)nn(C)c2C1. The molecule has 1 aliphatic heterocycles. The van der Waals surface area contributed by atoms with E-state index in [1.807, 2.05) is 58.8 Å². The number of hydrogen-bond acceptors (Lipinski definition) is 5. The summed E-state index contributed by atoms with van der Waals surface area (Å²) in [4.78, 5) is 15.0. The smallest absolute Gasteiger partial charge is 0.352 e. The molecular formula is C32H34N4O4. The Morgan fingerprint density at radius 3 is 2.60 bits per heavy atom. The Kier molecular flexibility index (Phi) is 7.04. The first-order chi connectivity index (χ1) is 19.5. The quantitative estimate of drug-likeness (QED) is 0.276. The van der Waals surface area contributed by atoms with Crippen LogP contribution in [0, 0.1) is 0 Å². The summed E-state index contributed by atoms with van der Waals surface area (Å²) >= 11 is 0. The van der Waals surface area contributed by atoms with Gasteiger partial charge >= 0.3 is 5.97 Å². The Balaban J connectivity index is 1.41. The van der Waals surface area contributed by atoms with Crippen LogP contribution in [0.15, 0.2) is 60.7 Å². The number of aromatic carboxylic acids is 1. The van der Waals surface area contributed by atoms with E-state index in [2.05, 4.69) is 35.2 Å². The normalized spacial score (nSPS) is 14.0. The summed E-state index contributed by atoms with van der Waals surface area (Å²) in [5.41, 5.74) is 5.50. The molecule has 0 atom stereocenters. The molecule has 206 valence electrons. The molecule has 3 aromatic carbocycles. The third-order valence-electron chi connectivity index (χ3n) is 7.97. The molecule has 0 radical (unpaired) electrons. The van der Waals surface area contributed by atoms with Crippen LogP contribution in [-0.4, -0.2) is 55.6 Å². The number of aliphatic hydroxyl groups excluding tert-OH is 1. The number of nitrogens with zero attached hydrogens (tertiary/aromatic N) is 4. The third-order valence-corrected chi connectivity index (χ3v) is 7.97. The maximum atomic E-state index is 12.8. The summed E-state index contributed by atoms with van der Waals surface area (Å²) in [7, 11) is 3.97. The van der Waals surface area contributed by atoms with Crippen LogP contribution in [0.25, 0.3) is 32.8 Å². The molecule has 1 aliphatic rings. The topological polar surface area (TPSA) is 92.8 Å². The van der Waals surface area contributed by atoms with E-state index in [0.717, 1.165) is 62.8 Å². The molecule has 3 heterocycles. The van der Waals surface area contributed by atoms with Gasteiger partial charge in [0.2, 0.25) is 0 Å². The van der Waals surface area contributed by atoms with Crippen LogP contribution in [0.4, 0.5) is 0 Å². The summed E-state index contributed by atoms with van der Waals surface area (Å²) < 4.78 is 10.0. The van der Waals surface area contributed by atoms with Crippen LogP contribution >= 0.6 is 0 Å². The first-order valence-corrected chi connectivity index (χ1v) is 13.8. The molecular weight excluding hydrogens is 504 g/mol. The van der Waals surface area contributed by atoms with Crippen LogP contribution < -0.4 is 4.74 Å². The zero-order valence-corrected chi connectivity index (χ0v) is 22.9. The van der Waals surface area contributed by atoms with E-state index >= 15 is 0 Å². The van der Waals surface area contributed by atoms with Crippen LogP contribution in [0.1, 0.15) is 40.3 Å². The predicted molar refractivity (Wildman–Crippen MR) is 156 cm³/mol. The number of carboxylic acids is 1. The Morgan fingerprint density at radius 1 is 1.00 bits per heavy atom. The molecule has 0 spiro atoms. The monoisotopic (exact) mass is 538 g/mol. The van der Waals surface area contributed by atoms with Gasteiger partial charge in [-0.25, -0.2) is 4.79 Å². The largest absolute Gasteiger partial charge is 0.493 e. The Hall–Kier alpha value is -4.14. The van der Waals surface area contributed by atoms with Crippen molar-refractivity contribution >= 4 is 27.6 Å². The van der Waals surface area contributed by atoms with Gasteiger partial charge in [0, 0.05) is 42.0 Å². The van der Waals surface area contributed by atoms with Gasteiger partial charge in [-0.3, -0.25) is 4.68 Å². The number of aromatic nitrogens is 3. The van der Waals surface area contributed by atoms with Crippen molar-refractivity contribution in [3.63, 3.8) is 0 Å². The molecule has 2 aromatic heterocycles. The second-order valence-corrected chi connectivity index (χ2v) is 10.6. The molecule has 0 saturated heterocycles. The van der Waals surface area contributed by atoms with Crippen molar-refractivity contribution in [3.8, 4) is 16.9 Å². The molecule has 8 nitrogen and oxygen atoms in total. The molecule has 6 rings (SSSR count). The number of carboxylic acid groups (broad SMARTS) is 1. The minimum Gasteiger partial charge on any atom is -0.493 e. The van der Waals surface area contributed by atoms with Crippen LogP contribution in [-0.2, 0) is 33.2 Å². The lowest BCUT2D eigenvalue weighted by Gasteiger charge is -2.21. The second kappa shape index (κ2) is 10.8. The fourth-order valence-electron chi connectivity index (χ4n) is 6.21. The second-order valence-electron chi connectivity index (χ2n) is 10.6. The van der Waals surface area contributed by atoms with Crippen molar-refractivity contribution in [2.75, 3.05) is 20.2 Å². The summed E-state index contributed by atoms with van der Waals surface area (Å²) in [5.74, 6) is -0.0873. The number of rotatable bonds is 7. The first kappa shape index (κ1) is 26.1. The van der Waals surface area contributed by atoms with Crippen molar-refractivity contribution in [2.45, 2.75) is 39.0 Å². The average molecular weight is 539 g/mol. The highest BCUT2D eigenvalue weighted by atomic mass is 16.5. The van der Waals surface area contributed by atoms with Gasteiger partial charge in [-0.1, -0.05) is 54.6 Å². The highest BCUT2D eigenvalue weighted by Crippen LogP contribution is 2.39. The van der Waals surface area contributed by atoms with Gasteiger partial charge in [-0.05, 0) is 49.9 Å². The van der Waals surface area contributed by atoms with E-state index in [0.29, 0.717) is 43.9 Å². The highest BCUT2D eigenvalue weighted by Gasteiger charge is 2.28. The van der Waals surface area contributed by atoms with Crippen LogP contribution in [0.5, 0.6) is 5.75 Å². The molecule has 0 bridgehead atoms. The average Bonchev–Trinajstić information content (AvgIpc) is 3.45. The van der Waals surface area contributed by atoms with Crippen LogP contribution in [0.2, 0.25) is 0 Å². The van der Waals surface area contributed by atoms with Gasteiger partial charge in [0.1, 0.15) is 11.4 Å². The molecule has 0 unspecified atom stereocenters. The number of ether oxygens (including phenoxy) is 1. The van der Waals surface area contributed by atoms with E-state index < -0.39 is 5.97 Å². The Bertz CT molecular complexity index is 1710.